The molecule has 1 spiro atoms. The molecule has 4 heterocycles. The summed E-state index contributed by atoms with van der Waals surface area (Å²) in [4.78, 5) is 59.4. The molecule has 9 rings (SSSR count). The molecular weight excluding hydrogens is 805 g/mol. The van der Waals surface area contributed by atoms with Crippen LogP contribution in [0.2, 0.25) is 0 Å². The first-order chi connectivity index (χ1) is 29.0. The van der Waals surface area contributed by atoms with Crippen molar-refractivity contribution in [3.8, 4) is 11.8 Å². The molecule has 4 aromatic rings. The lowest BCUT2D eigenvalue weighted by molar-refractivity contribution is -0.147. The van der Waals surface area contributed by atoms with Crippen molar-refractivity contribution in [2.24, 2.45) is 5.92 Å². The number of halogens is 1. The van der Waals surface area contributed by atoms with Gasteiger partial charge in [0.05, 0.1) is 22.4 Å². The van der Waals surface area contributed by atoms with E-state index in [9.17, 15) is 29.0 Å². The van der Waals surface area contributed by atoms with Crippen molar-refractivity contribution in [2.75, 3.05) is 6.54 Å². The van der Waals surface area contributed by atoms with E-state index in [1.54, 1.807) is 47.4 Å². The maximum atomic E-state index is 16.6. The van der Waals surface area contributed by atoms with Crippen molar-refractivity contribution in [2.45, 2.75) is 112 Å². The predicted molar refractivity (Wildman–Crippen MR) is 223 cm³/mol. The molecule has 1 unspecified atom stereocenters. The van der Waals surface area contributed by atoms with Crippen LogP contribution in [0.3, 0.4) is 0 Å². The Labute approximate surface area is 351 Å². The fourth-order valence-electron chi connectivity index (χ4n) is 9.47. The third-order valence-electron chi connectivity index (χ3n) is 12.8. The first kappa shape index (κ1) is 40.3. The Morgan fingerprint density at radius 2 is 1.70 bits per heavy atom. The lowest BCUT2D eigenvalue weighted by atomic mass is 9.85. The third-order valence-corrected chi connectivity index (χ3v) is 16.1. The second-order valence-electron chi connectivity index (χ2n) is 16.9. The molecule has 0 bridgehead atoms. The molecule has 60 heavy (non-hydrogen) atoms. The van der Waals surface area contributed by atoms with E-state index < -0.39 is 49.0 Å². The summed E-state index contributed by atoms with van der Waals surface area (Å²) in [5.74, 6) is -3.95. The third kappa shape index (κ3) is 7.61. The minimum absolute atomic E-state index is 0.0265. The average Bonchev–Trinajstić information content (AvgIpc) is 4.13. The number of benzene rings is 3. The number of fused-ring (bicyclic) bond motifs is 2. The highest BCUT2D eigenvalue weighted by molar-refractivity contribution is 7.57. The van der Waals surface area contributed by atoms with E-state index in [2.05, 4.69) is 16.5 Å². The molecule has 3 amide bonds. The number of hydrogen-bond acceptors (Lipinski definition) is 9. The van der Waals surface area contributed by atoms with Gasteiger partial charge in [-0.25, -0.2) is 9.48 Å². The standard InChI is InChI=1S/C45H47FN5O7PS/c1-27(44(55)57-32-17-18-32)49-59(56,58-33-12-6-3-7-13-33)40(46)29-15-20-38-30(23-29)24-39(60-38)41(52)48-36-14-8-11-31-16-19-37(51(31)42(36)53)43(54)50-26-34(28-9-4-2-5-10-28)35(25-47)45(50)21-22-45/h2-7,9-10,12-13,15,20,23-24,27,31-32,34-37,40H,8,11,14,16-19,21-22,26H2,1H3,(H,48,52)(H,49,56)/t27-,31-,34+,35+,36-,37-,40-,59?/m0/s1. The van der Waals surface area contributed by atoms with E-state index in [1.165, 1.54) is 30.4 Å². The van der Waals surface area contributed by atoms with Gasteiger partial charge in [0.2, 0.25) is 17.7 Å². The van der Waals surface area contributed by atoms with Gasteiger partial charge in [0, 0.05) is 23.2 Å². The van der Waals surface area contributed by atoms with Crippen LogP contribution >= 0.6 is 18.9 Å². The molecule has 12 nitrogen and oxygen atoms in total. The normalized spacial score (nSPS) is 26.4. The van der Waals surface area contributed by atoms with E-state index in [1.807, 2.05) is 35.2 Å². The van der Waals surface area contributed by atoms with Gasteiger partial charge >= 0.3 is 13.5 Å². The number of ether oxygens (including phenoxy) is 1. The van der Waals surface area contributed by atoms with Crippen LogP contribution in [-0.2, 0) is 23.7 Å². The molecule has 2 aliphatic carbocycles. The Kier molecular flexibility index (Phi) is 10.8. The summed E-state index contributed by atoms with van der Waals surface area (Å²) in [5.41, 5.74) is 0.552. The number of thiophene rings is 1. The Morgan fingerprint density at radius 1 is 0.967 bits per heavy atom. The van der Waals surface area contributed by atoms with Gasteiger partial charge in [0.25, 0.3) is 5.91 Å². The quantitative estimate of drug-likeness (QED) is 0.107. The largest absolute Gasteiger partial charge is 0.461 e. The summed E-state index contributed by atoms with van der Waals surface area (Å²) in [6, 6.07) is 24.1. The number of likely N-dealkylation sites (tertiary alicyclic amines) is 1. The van der Waals surface area contributed by atoms with Gasteiger partial charge in [-0.1, -0.05) is 54.6 Å². The summed E-state index contributed by atoms with van der Waals surface area (Å²) in [6.45, 7) is 1.89. The summed E-state index contributed by atoms with van der Waals surface area (Å²) < 4.78 is 42.7. The Balaban J connectivity index is 0.907. The molecule has 3 aromatic carbocycles. The fourth-order valence-corrected chi connectivity index (χ4v) is 12.3. The number of carbonyl (C=O) groups excluding carboxylic acids is 4. The number of amides is 3. The molecule has 3 aliphatic heterocycles. The van der Waals surface area contributed by atoms with E-state index in [-0.39, 0.29) is 47.1 Å². The van der Waals surface area contributed by atoms with Crippen molar-refractivity contribution in [3.05, 3.63) is 101 Å². The second kappa shape index (κ2) is 16.1. The topological polar surface area (TPSA) is 158 Å². The van der Waals surface area contributed by atoms with Gasteiger partial charge in [0.15, 0.2) is 0 Å². The molecule has 1 aromatic heterocycles. The van der Waals surface area contributed by atoms with Gasteiger partial charge in [-0.05, 0) is 112 Å². The van der Waals surface area contributed by atoms with Gasteiger partial charge in [-0.3, -0.25) is 23.7 Å². The van der Waals surface area contributed by atoms with Crippen LogP contribution in [0.25, 0.3) is 10.1 Å². The maximum absolute atomic E-state index is 16.6. The Morgan fingerprint density at radius 3 is 2.40 bits per heavy atom. The van der Waals surface area contributed by atoms with Gasteiger partial charge in [-0.15, -0.1) is 11.3 Å². The summed E-state index contributed by atoms with van der Waals surface area (Å²) in [7, 11) is -4.44. The smallest absolute Gasteiger partial charge is 0.355 e. The second-order valence-corrected chi connectivity index (χ2v) is 20.0. The monoisotopic (exact) mass is 851 g/mol. The number of nitrogens with one attached hydrogen (secondary N) is 2. The Hall–Kier alpha value is -5.09. The van der Waals surface area contributed by atoms with Crippen LogP contribution in [0.5, 0.6) is 5.75 Å². The number of alkyl halides is 1. The number of nitriles is 1. The highest BCUT2D eigenvalue weighted by Crippen LogP contribution is 2.59. The SMILES string of the molecule is C[C@H](NP(=O)(Oc1ccccc1)[C@H](F)c1ccc2sc(C(=O)N[C@H]3CCC[C@H]4CC[C@@H](C(=O)N5C[C@H](c6ccccc6)[C@@H](C#N)C56CC6)N4C3=O)cc2c1)C(=O)OC1CC1. The first-order valence-electron chi connectivity index (χ1n) is 20.9. The molecule has 8 atom stereocenters. The van der Waals surface area contributed by atoms with Crippen LogP contribution in [-0.4, -0.2) is 75.8 Å². The number of para-hydroxylation sites is 1. The van der Waals surface area contributed by atoms with E-state index in [0.29, 0.717) is 47.2 Å². The number of carbonyl (C=O) groups is 4. The zero-order chi connectivity index (χ0) is 41.8. The van der Waals surface area contributed by atoms with Crippen molar-refractivity contribution in [3.63, 3.8) is 0 Å². The van der Waals surface area contributed by atoms with Crippen molar-refractivity contribution < 1.29 is 37.4 Å². The predicted octanol–water partition coefficient (Wildman–Crippen LogP) is 7.77. The zero-order valence-electron chi connectivity index (χ0n) is 33.2. The summed E-state index contributed by atoms with van der Waals surface area (Å²) in [5, 5.41) is 16.4. The molecule has 3 saturated heterocycles. The molecule has 5 fully saturated rings. The number of hydrogen-bond donors (Lipinski definition) is 2. The molecule has 312 valence electrons. The maximum Gasteiger partial charge on any atom is 0.355 e. The summed E-state index contributed by atoms with van der Waals surface area (Å²) in [6.07, 6.45) is 5.92. The van der Waals surface area contributed by atoms with Crippen LogP contribution < -0.4 is 14.9 Å². The average molecular weight is 852 g/mol. The van der Waals surface area contributed by atoms with Gasteiger partial charge < -0.3 is 24.4 Å². The zero-order valence-corrected chi connectivity index (χ0v) is 34.9. The molecule has 2 saturated carbocycles. The van der Waals surface area contributed by atoms with Crippen LogP contribution in [0.15, 0.2) is 84.9 Å². The van der Waals surface area contributed by atoms with Gasteiger partial charge in [-0.2, -0.15) is 5.26 Å². The number of esters is 1. The fraction of sp³-hybridized carbons (Fsp3) is 0.444. The van der Waals surface area contributed by atoms with Gasteiger partial charge in [0.1, 0.15) is 30.0 Å². The number of rotatable bonds is 12. The summed E-state index contributed by atoms with van der Waals surface area (Å²) >= 11 is 1.18. The molecule has 15 heteroatoms. The Bertz CT molecular complexity index is 2400. The highest BCUT2D eigenvalue weighted by Gasteiger charge is 2.64. The number of nitrogens with zero attached hydrogens (tertiary/aromatic N) is 3. The van der Waals surface area contributed by atoms with E-state index in [4.69, 9.17) is 9.26 Å². The molecular formula is C45H47FN5O7PS. The highest BCUT2D eigenvalue weighted by atomic mass is 32.1. The van der Waals surface area contributed by atoms with Crippen molar-refractivity contribution >= 4 is 52.6 Å². The van der Waals surface area contributed by atoms with Crippen molar-refractivity contribution in [1.82, 2.24) is 20.2 Å². The van der Waals surface area contributed by atoms with Crippen LogP contribution in [0.1, 0.15) is 97.3 Å². The molecule has 5 aliphatic rings. The minimum Gasteiger partial charge on any atom is -0.461 e. The van der Waals surface area contributed by atoms with Crippen LogP contribution in [0, 0.1) is 17.2 Å². The van der Waals surface area contributed by atoms with Crippen molar-refractivity contribution in [1.29, 1.82) is 5.26 Å². The van der Waals surface area contributed by atoms with E-state index >= 15 is 4.39 Å². The first-order valence-corrected chi connectivity index (χ1v) is 23.4. The molecule has 2 N–H and O–H groups in total. The van der Waals surface area contributed by atoms with Crippen LogP contribution in [0.4, 0.5) is 4.39 Å². The lowest BCUT2D eigenvalue weighted by Crippen LogP contribution is -2.56. The minimum atomic E-state index is -4.44. The molecule has 0 radical (unpaired) electrons. The van der Waals surface area contributed by atoms with E-state index in [0.717, 1.165) is 37.7 Å². The lowest BCUT2D eigenvalue weighted by Gasteiger charge is -2.35.